The first-order chi connectivity index (χ1) is 7.11. The molecule has 84 valence electrons. The van der Waals surface area contributed by atoms with E-state index in [9.17, 15) is 0 Å². The lowest BCUT2D eigenvalue weighted by Gasteiger charge is -2.07. The molecule has 1 rings (SSSR count). The van der Waals surface area contributed by atoms with Crippen LogP contribution in [0, 0.1) is 5.92 Å². The monoisotopic (exact) mass is 210 g/mol. The maximum absolute atomic E-state index is 5.34. The predicted molar refractivity (Wildman–Crippen MR) is 61.3 cm³/mol. The van der Waals surface area contributed by atoms with Gasteiger partial charge in [0.25, 0.3) is 0 Å². The summed E-state index contributed by atoms with van der Waals surface area (Å²) in [7, 11) is 1.85. The molecule has 6 heteroatoms. The van der Waals surface area contributed by atoms with Gasteiger partial charge in [0, 0.05) is 19.8 Å². The van der Waals surface area contributed by atoms with E-state index in [4.69, 9.17) is 5.84 Å². The van der Waals surface area contributed by atoms with Crippen LogP contribution in [0.4, 0.5) is 5.69 Å². The molecular formula is C9H18N6. The Kier molecular flexibility index (Phi) is 4.11. The number of aryl methyl sites for hydroxylation is 1. The van der Waals surface area contributed by atoms with Crippen molar-refractivity contribution in [3.8, 4) is 0 Å². The van der Waals surface area contributed by atoms with E-state index < -0.39 is 0 Å². The summed E-state index contributed by atoms with van der Waals surface area (Å²) >= 11 is 0. The minimum atomic E-state index is 0.504. The molecule has 0 aliphatic rings. The van der Waals surface area contributed by atoms with E-state index in [2.05, 4.69) is 34.7 Å². The molecule has 0 radical (unpaired) electrons. The van der Waals surface area contributed by atoms with Crippen LogP contribution in [0.1, 0.15) is 13.8 Å². The van der Waals surface area contributed by atoms with Gasteiger partial charge >= 0.3 is 0 Å². The third-order valence-corrected chi connectivity index (χ3v) is 1.72. The number of hydrogen-bond acceptors (Lipinski definition) is 3. The molecule has 0 saturated heterocycles. The number of nitrogens with zero attached hydrogens (tertiary/aromatic N) is 3. The summed E-state index contributed by atoms with van der Waals surface area (Å²) in [5.41, 5.74) is 3.38. The van der Waals surface area contributed by atoms with Crippen LogP contribution in [-0.4, -0.2) is 22.3 Å². The first kappa shape index (κ1) is 11.5. The molecule has 0 bridgehead atoms. The van der Waals surface area contributed by atoms with Crippen LogP contribution in [-0.2, 0) is 7.05 Å². The molecule has 0 aromatic carbocycles. The van der Waals surface area contributed by atoms with E-state index in [1.165, 1.54) is 0 Å². The van der Waals surface area contributed by atoms with Crippen LogP contribution in [0.15, 0.2) is 17.4 Å². The Morgan fingerprint density at radius 1 is 1.67 bits per heavy atom. The maximum atomic E-state index is 5.34. The number of nitrogens with two attached hydrogens (primary N) is 1. The van der Waals surface area contributed by atoms with Gasteiger partial charge in [-0.2, -0.15) is 5.10 Å². The Morgan fingerprint density at radius 3 is 2.87 bits per heavy atom. The zero-order chi connectivity index (χ0) is 11.3. The summed E-state index contributed by atoms with van der Waals surface area (Å²) < 4.78 is 1.71. The van der Waals surface area contributed by atoms with Crippen molar-refractivity contribution in [1.82, 2.24) is 15.2 Å². The quantitative estimate of drug-likeness (QED) is 0.290. The van der Waals surface area contributed by atoms with Crippen molar-refractivity contribution in [1.29, 1.82) is 0 Å². The Bertz CT molecular complexity index is 327. The van der Waals surface area contributed by atoms with Gasteiger partial charge in [0.05, 0.1) is 11.9 Å². The summed E-state index contributed by atoms with van der Waals surface area (Å²) in [5.74, 6) is 6.40. The predicted octanol–water partition coefficient (Wildman–Crippen LogP) is 0.307. The molecule has 15 heavy (non-hydrogen) atoms. The summed E-state index contributed by atoms with van der Waals surface area (Å²) in [4.78, 5) is 4.28. The third-order valence-electron chi connectivity index (χ3n) is 1.72. The van der Waals surface area contributed by atoms with Crippen LogP contribution >= 0.6 is 0 Å². The molecule has 0 aliphatic heterocycles. The van der Waals surface area contributed by atoms with E-state index in [1.54, 1.807) is 10.9 Å². The van der Waals surface area contributed by atoms with E-state index >= 15 is 0 Å². The molecular weight excluding hydrogens is 192 g/mol. The molecule has 4 N–H and O–H groups in total. The minimum absolute atomic E-state index is 0.504. The lowest BCUT2D eigenvalue weighted by atomic mass is 10.2. The fraction of sp³-hybridized carbons (Fsp3) is 0.556. The highest BCUT2D eigenvalue weighted by Crippen LogP contribution is 2.02. The highest BCUT2D eigenvalue weighted by Gasteiger charge is 2.00. The van der Waals surface area contributed by atoms with E-state index in [1.807, 2.05) is 13.2 Å². The lowest BCUT2D eigenvalue weighted by Crippen LogP contribution is -2.36. The van der Waals surface area contributed by atoms with Crippen molar-refractivity contribution in [2.24, 2.45) is 23.8 Å². The zero-order valence-corrected chi connectivity index (χ0v) is 9.36. The highest BCUT2D eigenvalue weighted by molar-refractivity contribution is 5.92. The van der Waals surface area contributed by atoms with E-state index in [-0.39, 0.29) is 0 Å². The molecule has 1 aromatic rings. The van der Waals surface area contributed by atoms with Crippen LogP contribution < -0.4 is 16.6 Å². The average Bonchev–Trinajstić information content (AvgIpc) is 2.58. The molecule has 0 spiro atoms. The molecule has 0 aliphatic carbocycles. The Morgan fingerprint density at radius 2 is 2.40 bits per heavy atom. The number of rotatable bonds is 3. The minimum Gasteiger partial charge on any atom is -0.323 e. The van der Waals surface area contributed by atoms with Crippen molar-refractivity contribution in [3.05, 3.63) is 12.4 Å². The highest BCUT2D eigenvalue weighted by atomic mass is 15.3. The zero-order valence-electron chi connectivity index (χ0n) is 9.36. The number of aliphatic imine (C=N–C) groups is 1. The number of nitrogens with one attached hydrogen (secondary N) is 2. The van der Waals surface area contributed by atoms with Crippen LogP contribution in [0.25, 0.3) is 0 Å². The van der Waals surface area contributed by atoms with Gasteiger partial charge in [-0.15, -0.1) is 0 Å². The molecule has 1 aromatic heterocycles. The first-order valence-electron chi connectivity index (χ1n) is 4.88. The third kappa shape index (κ3) is 3.99. The van der Waals surface area contributed by atoms with Gasteiger partial charge in [0.2, 0.25) is 5.96 Å². The van der Waals surface area contributed by atoms with Gasteiger partial charge in [0.1, 0.15) is 0 Å². The standard InChI is InChI=1S/C9H18N6/c1-7(2)4-11-9(14-10)13-8-5-12-15(3)6-8/h5-7H,4,10H2,1-3H3,(H2,11,13,14). The second kappa shape index (κ2) is 5.35. The normalized spacial score (nSPS) is 11.9. The van der Waals surface area contributed by atoms with Crippen LogP contribution in [0.5, 0.6) is 0 Å². The van der Waals surface area contributed by atoms with Crippen molar-refractivity contribution in [3.63, 3.8) is 0 Å². The van der Waals surface area contributed by atoms with E-state index in [0.29, 0.717) is 11.9 Å². The molecule has 0 fully saturated rings. The second-order valence-corrected chi connectivity index (χ2v) is 3.76. The Hall–Kier alpha value is -1.56. The lowest BCUT2D eigenvalue weighted by molar-refractivity contribution is 0.663. The molecule has 0 saturated carbocycles. The Labute approximate surface area is 89.5 Å². The number of hydrogen-bond donors (Lipinski definition) is 3. The largest absolute Gasteiger partial charge is 0.323 e. The molecule has 6 nitrogen and oxygen atoms in total. The summed E-state index contributed by atoms with van der Waals surface area (Å²) in [6, 6.07) is 0. The summed E-state index contributed by atoms with van der Waals surface area (Å²) in [6.07, 6.45) is 3.56. The van der Waals surface area contributed by atoms with Gasteiger partial charge in [-0.1, -0.05) is 13.8 Å². The number of aromatic nitrogens is 2. The average molecular weight is 210 g/mol. The van der Waals surface area contributed by atoms with Crippen molar-refractivity contribution in [2.75, 3.05) is 11.9 Å². The van der Waals surface area contributed by atoms with Crippen LogP contribution in [0.3, 0.4) is 0 Å². The second-order valence-electron chi connectivity index (χ2n) is 3.76. The van der Waals surface area contributed by atoms with E-state index in [0.717, 1.165) is 12.2 Å². The number of hydrazine groups is 1. The Balaban J connectivity index is 2.57. The first-order valence-corrected chi connectivity index (χ1v) is 4.88. The van der Waals surface area contributed by atoms with Gasteiger partial charge in [0.15, 0.2) is 0 Å². The molecule has 0 atom stereocenters. The van der Waals surface area contributed by atoms with Gasteiger partial charge in [-0.25, -0.2) is 5.84 Å². The fourth-order valence-corrected chi connectivity index (χ4v) is 1.02. The fourth-order valence-electron chi connectivity index (χ4n) is 1.02. The van der Waals surface area contributed by atoms with Crippen molar-refractivity contribution < 1.29 is 0 Å². The smallest absolute Gasteiger partial charge is 0.210 e. The number of guanidine groups is 1. The molecule has 0 unspecified atom stereocenters. The van der Waals surface area contributed by atoms with Gasteiger partial charge in [-0.05, 0) is 5.92 Å². The van der Waals surface area contributed by atoms with Gasteiger partial charge < -0.3 is 5.32 Å². The van der Waals surface area contributed by atoms with Crippen LogP contribution in [0.2, 0.25) is 0 Å². The summed E-state index contributed by atoms with van der Waals surface area (Å²) in [5, 5.41) is 7.07. The topological polar surface area (TPSA) is 80.3 Å². The SMILES string of the molecule is CC(C)CN=C(NN)Nc1cnn(C)c1. The summed E-state index contributed by atoms with van der Waals surface area (Å²) in [6.45, 7) is 4.93. The maximum Gasteiger partial charge on any atom is 0.210 e. The molecule has 0 amide bonds. The number of anilines is 1. The van der Waals surface area contributed by atoms with Crippen molar-refractivity contribution in [2.45, 2.75) is 13.8 Å². The van der Waals surface area contributed by atoms with Crippen molar-refractivity contribution >= 4 is 11.6 Å². The molecule has 1 heterocycles. The van der Waals surface area contributed by atoms with Gasteiger partial charge in [-0.3, -0.25) is 15.1 Å².